The van der Waals surface area contributed by atoms with Crippen molar-refractivity contribution in [2.24, 2.45) is 17.8 Å². The third-order valence-corrected chi connectivity index (χ3v) is 13.4. The Hall–Kier alpha value is -4.53. The number of para-hydroxylation sites is 1. The molecule has 9 nitrogen and oxygen atoms in total. The fourth-order valence-electron chi connectivity index (χ4n) is 9.41. The van der Waals surface area contributed by atoms with Gasteiger partial charge < -0.3 is 9.84 Å². The van der Waals surface area contributed by atoms with Gasteiger partial charge in [0.05, 0.1) is 18.9 Å². The molecule has 6 unspecified atom stereocenters. The normalized spacial score (nSPS) is 29.7. The molecule has 1 saturated carbocycles. The number of imide groups is 2. The summed E-state index contributed by atoms with van der Waals surface area (Å²) in [6, 6.07) is 13.6. The number of hydrogen-bond donors (Lipinski definition) is 1. The molecule has 8 rings (SSSR count). The summed E-state index contributed by atoms with van der Waals surface area (Å²) in [5.74, 6) is -21.9. The van der Waals surface area contributed by atoms with Crippen LogP contribution in [-0.4, -0.2) is 74.5 Å². The lowest BCUT2D eigenvalue weighted by atomic mass is 9.56. The van der Waals surface area contributed by atoms with Gasteiger partial charge in [-0.3, -0.25) is 29.0 Å². The van der Waals surface area contributed by atoms with Crippen molar-refractivity contribution in [3.8, 4) is 11.5 Å². The largest absolute Gasteiger partial charge is 0.504 e. The Morgan fingerprint density at radius 2 is 1.45 bits per heavy atom. The van der Waals surface area contributed by atoms with Gasteiger partial charge in [0.2, 0.25) is 17.6 Å². The van der Waals surface area contributed by atoms with Crippen molar-refractivity contribution in [2.75, 3.05) is 25.1 Å². The number of nitrogens with zero attached hydrogens (tertiary/aromatic N) is 3. The van der Waals surface area contributed by atoms with E-state index in [1.165, 1.54) is 30.2 Å². The Bertz CT molecular complexity index is 2170. The van der Waals surface area contributed by atoms with Crippen LogP contribution >= 0.6 is 23.2 Å². The Labute approximate surface area is 321 Å². The van der Waals surface area contributed by atoms with E-state index in [-0.39, 0.29) is 28.2 Å². The zero-order chi connectivity index (χ0) is 39.3. The molecule has 0 bridgehead atoms. The molecule has 5 aliphatic rings. The number of halogens is 7. The maximum Gasteiger partial charge on any atom is 0.258 e. The molecule has 6 atom stereocenters. The second-order valence-corrected chi connectivity index (χ2v) is 15.9. The van der Waals surface area contributed by atoms with E-state index < -0.39 is 110 Å². The van der Waals surface area contributed by atoms with Crippen LogP contribution < -0.4 is 9.64 Å². The highest BCUT2D eigenvalue weighted by Gasteiger charge is 2.77. The molecule has 0 aromatic heterocycles. The lowest BCUT2D eigenvalue weighted by Crippen LogP contribution is -2.60. The van der Waals surface area contributed by atoms with E-state index in [0.717, 1.165) is 5.56 Å². The minimum Gasteiger partial charge on any atom is -0.504 e. The number of allylic oxidation sites excluding steroid dienone is 2. The second kappa shape index (κ2) is 13.3. The van der Waals surface area contributed by atoms with Crippen LogP contribution in [-0.2, 0) is 25.7 Å². The van der Waals surface area contributed by atoms with Crippen molar-refractivity contribution < 1.29 is 51.0 Å². The highest BCUT2D eigenvalue weighted by molar-refractivity contribution is 6.58. The lowest BCUT2D eigenvalue weighted by Gasteiger charge is -2.50. The van der Waals surface area contributed by atoms with E-state index in [1.54, 1.807) is 6.08 Å². The number of ether oxygens (including phenoxy) is 1. The molecule has 3 aliphatic heterocycles. The summed E-state index contributed by atoms with van der Waals surface area (Å²) in [7, 11) is 1.24. The van der Waals surface area contributed by atoms with E-state index in [0.29, 0.717) is 32.5 Å². The van der Waals surface area contributed by atoms with Crippen LogP contribution in [0.5, 0.6) is 11.5 Å². The molecule has 16 heteroatoms. The molecule has 3 saturated heterocycles. The quantitative estimate of drug-likeness (QED) is 0.0777. The molecular weight excluding hydrogens is 772 g/mol. The molecule has 288 valence electrons. The van der Waals surface area contributed by atoms with Gasteiger partial charge in [0.25, 0.3) is 11.8 Å². The molecule has 3 aromatic carbocycles. The number of carbonyl (C=O) groups is 4. The SMILES string of the molecule is COc1cccc(C2C3=CCC4C(=O)N(C5CCN(Cc6ccccc6)CC5)C(=O)C4C3CC3(Cl)C(=O)N(c4c(F)c(F)c(F)c(F)c4F)C(=O)C23Cl)c1O. The van der Waals surface area contributed by atoms with E-state index in [4.69, 9.17) is 27.9 Å². The molecule has 0 spiro atoms. The highest BCUT2D eigenvalue weighted by atomic mass is 35.5. The minimum atomic E-state index is -2.76. The first kappa shape index (κ1) is 37.4. The summed E-state index contributed by atoms with van der Waals surface area (Å²) in [6.45, 7) is 1.92. The monoisotopic (exact) mass is 803 g/mol. The topological polar surface area (TPSA) is 107 Å². The number of alkyl halides is 2. The van der Waals surface area contributed by atoms with Crippen molar-refractivity contribution in [3.63, 3.8) is 0 Å². The number of phenolic OH excluding ortho intramolecular Hbond substituents is 1. The molecule has 3 heterocycles. The van der Waals surface area contributed by atoms with E-state index >= 15 is 8.78 Å². The summed E-state index contributed by atoms with van der Waals surface area (Å²) in [5, 5.41) is 11.4. The lowest BCUT2D eigenvalue weighted by molar-refractivity contribution is -0.144. The molecule has 2 aliphatic carbocycles. The number of fused-ring (bicyclic) bond motifs is 4. The molecule has 3 aromatic rings. The van der Waals surface area contributed by atoms with Crippen molar-refractivity contribution >= 4 is 52.5 Å². The second-order valence-electron chi connectivity index (χ2n) is 14.6. The summed E-state index contributed by atoms with van der Waals surface area (Å²) >= 11 is 14.4. The van der Waals surface area contributed by atoms with E-state index in [1.807, 2.05) is 30.3 Å². The third-order valence-electron chi connectivity index (χ3n) is 12.0. The molecule has 4 fully saturated rings. The average Bonchev–Trinajstić information content (AvgIpc) is 3.52. The number of hydrogen-bond acceptors (Lipinski definition) is 7. The van der Waals surface area contributed by atoms with Crippen LogP contribution in [0, 0.1) is 46.8 Å². The molecule has 1 N–H and O–H groups in total. The average molecular weight is 805 g/mol. The fraction of sp³-hybridized carbons (Fsp3) is 0.385. The summed E-state index contributed by atoms with van der Waals surface area (Å²) in [4.78, 5) is 55.3. The van der Waals surface area contributed by atoms with Crippen molar-refractivity contribution in [1.82, 2.24) is 9.80 Å². The molecule has 0 radical (unpaired) electrons. The number of phenols is 1. The highest BCUT2D eigenvalue weighted by Crippen LogP contribution is 2.67. The number of aromatic hydroxyl groups is 1. The van der Waals surface area contributed by atoms with Crippen LogP contribution in [0.25, 0.3) is 0 Å². The smallest absolute Gasteiger partial charge is 0.258 e. The van der Waals surface area contributed by atoms with Gasteiger partial charge in [-0.15, -0.1) is 23.2 Å². The van der Waals surface area contributed by atoms with Crippen molar-refractivity contribution in [2.45, 2.75) is 53.9 Å². The maximum absolute atomic E-state index is 15.3. The van der Waals surface area contributed by atoms with Crippen molar-refractivity contribution in [1.29, 1.82) is 0 Å². The number of rotatable bonds is 6. The van der Waals surface area contributed by atoms with Gasteiger partial charge in [-0.05, 0) is 43.2 Å². The number of anilines is 1. The number of piperidine rings is 1. The van der Waals surface area contributed by atoms with Gasteiger partial charge in [0.15, 0.2) is 44.5 Å². The first-order chi connectivity index (χ1) is 26.2. The molecule has 55 heavy (non-hydrogen) atoms. The summed E-state index contributed by atoms with van der Waals surface area (Å²) in [5.41, 5.74) is -0.649. The Morgan fingerprint density at radius 1 is 0.818 bits per heavy atom. The van der Waals surface area contributed by atoms with Gasteiger partial charge in [-0.1, -0.05) is 54.1 Å². The van der Waals surface area contributed by atoms with Crippen LogP contribution in [0.3, 0.4) is 0 Å². The zero-order valence-electron chi connectivity index (χ0n) is 29.0. The third kappa shape index (κ3) is 5.20. The Kier molecular flexibility index (Phi) is 9.05. The number of benzene rings is 3. The minimum absolute atomic E-state index is 0.00258. The van der Waals surface area contributed by atoms with Crippen LogP contribution in [0.1, 0.15) is 42.7 Å². The predicted molar refractivity (Wildman–Crippen MR) is 188 cm³/mol. The zero-order valence-corrected chi connectivity index (χ0v) is 30.5. The Morgan fingerprint density at radius 3 is 2.09 bits per heavy atom. The molecule has 4 amide bonds. The van der Waals surface area contributed by atoms with Gasteiger partial charge in [0.1, 0.15) is 5.69 Å². The van der Waals surface area contributed by atoms with Gasteiger partial charge in [0, 0.05) is 37.2 Å². The van der Waals surface area contributed by atoms with Crippen LogP contribution in [0.15, 0.2) is 60.2 Å². The van der Waals surface area contributed by atoms with Crippen molar-refractivity contribution in [3.05, 3.63) is 100 Å². The number of methoxy groups -OCH3 is 1. The number of carbonyl (C=O) groups excluding carboxylic acids is 4. The maximum atomic E-state index is 15.3. The van der Waals surface area contributed by atoms with Gasteiger partial charge >= 0.3 is 0 Å². The fourth-order valence-corrected chi connectivity index (χ4v) is 10.3. The molecular formula is C39H32Cl2F5N3O6. The first-order valence-corrected chi connectivity index (χ1v) is 18.4. The first-order valence-electron chi connectivity index (χ1n) is 17.6. The standard InChI is InChI=1S/C39H32Cl2F5N3O6/c1-55-24-9-5-8-22(33(24)50)26-20-10-11-21-25(35(52)48(34(21)51)19-12-14-47(15-13-19)17-18-6-3-2-4-7-18)23(20)16-38(40)36(53)49(37(54)39(26,38)41)32-30(45)28(43)27(42)29(44)31(32)46/h2-10,19,21,23,25-26,50H,11-17H2,1H3. The van der Waals surface area contributed by atoms with Crippen LogP contribution in [0.4, 0.5) is 27.6 Å². The van der Waals surface area contributed by atoms with Crippen LogP contribution in [0.2, 0.25) is 0 Å². The van der Waals surface area contributed by atoms with E-state index in [9.17, 15) is 37.5 Å². The number of amides is 4. The summed E-state index contributed by atoms with van der Waals surface area (Å²) in [6.07, 6.45) is 1.96. The van der Waals surface area contributed by atoms with Gasteiger partial charge in [-0.2, -0.15) is 0 Å². The summed E-state index contributed by atoms with van der Waals surface area (Å²) < 4.78 is 79.1. The Balaban J connectivity index is 1.20. The van der Waals surface area contributed by atoms with Gasteiger partial charge in [-0.25, -0.2) is 26.9 Å². The predicted octanol–water partition coefficient (Wildman–Crippen LogP) is 6.32. The van der Waals surface area contributed by atoms with E-state index in [2.05, 4.69) is 4.90 Å². The number of likely N-dealkylation sites (tertiary alicyclic amines) is 2.